The van der Waals surface area contributed by atoms with Crippen molar-refractivity contribution in [1.29, 1.82) is 0 Å². The Morgan fingerprint density at radius 1 is 0.610 bits per heavy atom. The van der Waals surface area contributed by atoms with Crippen LogP contribution < -0.4 is 0 Å². The smallest absolute Gasteiger partial charge is 0.0843 e. The first-order valence-electron chi connectivity index (χ1n) is 13.0. The van der Waals surface area contributed by atoms with Gasteiger partial charge in [0.25, 0.3) is 0 Å². The Kier molecular flexibility index (Phi) is 8.50. The fourth-order valence-electron chi connectivity index (χ4n) is 4.77. The summed E-state index contributed by atoms with van der Waals surface area (Å²) in [6, 6.07) is 42.3. The van der Waals surface area contributed by atoms with Crippen LogP contribution in [-0.2, 0) is 40.8 Å². The number of pyridine rings is 1. The van der Waals surface area contributed by atoms with Crippen LogP contribution in [0.2, 0.25) is 0 Å². The minimum Gasteiger partial charge on any atom is -0.390 e. The fraction of sp³-hybridized carbons (Fsp3) is 0.0882. The summed E-state index contributed by atoms with van der Waals surface area (Å²) in [5.41, 5.74) is 8.62. The summed E-state index contributed by atoms with van der Waals surface area (Å²) >= 11 is 0. The van der Waals surface area contributed by atoms with Gasteiger partial charge in [0.1, 0.15) is 0 Å². The molecule has 0 aliphatic heterocycles. The molecule has 1 N–H and O–H groups in total. The van der Waals surface area contributed by atoms with E-state index in [2.05, 4.69) is 38.4 Å². The average Bonchev–Trinajstić information content (AvgIpc) is 3.55. The van der Waals surface area contributed by atoms with Crippen molar-refractivity contribution in [2.24, 2.45) is 14.1 Å². The zero-order chi connectivity index (χ0) is 27.5. The van der Waals surface area contributed by atoms with Gasteiger partial charge in [0, 0.05) is 34.2 Å². The molecule has 1 radical (unpaired) electrons. The number of aryl methyl sites for hydroxylation is 2. The number of rotatable bonds is 4. The van der Waals surface area contributed by atoms with E-state index in [1.165, 1.54) is 0 Å². The Balaban J connectivity index is 0.000000192. The molecule has 7 rings (SSSR count). The first-order chi connectivity index (χ1) is 19.6. The number of imidazole rings is 2. The standard InChI is InChI=1S/C22H17N4.C12H10NO.Ir/c1-25-19-12-5-3-10-17(19)23-21(25)15-8-7-9-16(14-15)22-24-18-11-4-6-13-20(18)26(22)2;14-9-11-7-4-8-12(13-11)10-5-2-1-3-6-10;/h3-13H,1-2H3;1-5,7-8,14H,9H2;/q2*-1;. The number of aliphatic hydroxyl groups excluding tert-OH is 1. The number of para-hydroxylation sites is 4. The first-order valence-corrected chi connectivity index (χ1v) is 13.0. The second-order valence-electron chi connectivity index (χ2n) is 9.39. The minimum atomic E-state index is -0.0271. The van der Waals surface area contributed by atoms with Crippen molar-refractivity contribution >= 4 is 22.1 Å². The molecule has 0 aliphatic rings. The molecular formula is C34H27IrN5O-2. The van der Waals surface area contributed by atoms with Crippen molar-refractivity contribution in [1.82, 2.24) is 24.1 Å². The zero-order valence-corrected chi connectivity index (χ0v) is 25.0. The normalized spacial score (nSPS) is 10.7. The molecule has 3 aromatic heterocycles. The van der Waals surface area contributed by atoms with E-state index in [4.69, 9.17) is 15.1 Å². The Morgan fingerprint density at radius 3 is 1.68 bits per heavy atom. The van der Waals surface area contributed by atoms with E-state index in [1.807, 2.05) is 105 Å². The van der Waals surface area contributed by atoms with Gasteiger partial charge in [-0.2, -0.15) is 0 Å². The SMILES string of the molecule is Cn1c(-c2[c-]c(-c3nc4ccccc4n3C)ccc2)nc2ccccc21.OCc1cccc(-c2[c-]cccc2)n1.[Ir]. The first kappa shape index (κ1) is 28.1. The largest absolute Gasteiger partial charge is 0.390 e. The molecule has 41 heavy (non-hydrogen) atoms. The maximum absolute atomic E-state index is 8.94. The van der Waals surface area contributed by atoms with Crippen LogP contribution in [0.3, 0.4) is 0 Å². The van der Waals surface area contributed by atoms with Gasteiger partial charge in [-0.25, -0.2) is 0 Å². The van der Waals surface area contributed by atoms with Crippen LogP contribution in [0, 0.1) is 12.1 Å². The van der Waals surface area contributed by atoms with Gasteiger partial charge in [-0.05, 0) is 36.0 Å². The van der Waals surface area contributed by atoms with Crippen molar-refractivity contribution in [2.75, 3.05) is 0 Å². The Morgan fingerprint density at radius 2 is 1.15 bits per heavy atom. The number of nitrogens with zero attached hydrogens (tertiary/aromatic N) is 5. The third-order valence-electron chi connectivity index (χ3n) is 6.80. The van der Waals surface area contributed by atoms with Gasteiger partial charge in [-0.3, -0.25) is 15.0 Å². The number of aliphatic hydroxyl groups is 1. The van der Waals surface area contributed by atoms with Crippen LogP contribution in [0.5, 0.6) is 0 Å². The number of hydrogen-bond donors (Lipinski definition) is 1. The quantitative estimate of drug-likeness (QED) is 0.208. The predicted molar refractivity (Wildman–Crippen MR) is 159 cm³/mol. The summed E-state index contributed by atoms with van der Waals surface area (Å²) in [5, 5.41) is 8.94. The van der Waals surface area contributed by atoms with Crippen LogP contribution in [0.1, 0.15) is 5.69 Å². The van der Waals surface area contributed by atoms with Crippen molar-refractivity contribution in [3.63, 3.8) is 0 Å². The Labute approximate surface area is 252 Å². The third-order valence-corrected chi connectivity index (χ3v) is 6.80. The predicted octanol–water partition coefficient (Wildman–Crippen LogP) is 6.63. The molecular weight excluding hydrogens is 687 g/mol. The summed E-state index contributed by atoms with van der Waals surface area (Å²) < 4.78 is 4.22. The van der Waals surface area contributed by atoms with Crippen molar-refractivity contribution in [2.45, 2.75) is 6.61 Å². The summed E-state index contributed by atoms with van der Waals surface area (Å²) in [5.74, 6) is 1.82. The van der Waals surface area contributed by atoms with Crippen molar-refractivity contribution in [3.05, 3.63) is 127 Å². The molecule has 0 amide bonds. The van der Waals surface area contributed by atoms with Gasteiger partial charge in [0.15, 0.2) is 0 Å². The summed E-state index contributed by atoms with van der Waals surface area (Å²) in [6.45, 7) is -0.0271. The maximum Gasteiger partial charge on any atom is 0.0843 e. The molecule has 0 aliphatic carbocycles. The number of benzene rings is 4. The van der Waals surface area contributed by atoms with Gasteiger partial charge in [-0.1, -0.05) is 47.5 Å². The van der Waals surface area contributed by atoms with Crippen LogP contribution in [-0.4, -0.2) is 29.2 Å². The number of aromatic nitrogens is 5. The summed E-state index contributed by atoms with van der Waals surface area (Å²) in [4.78, 5) is 13.9. The second-order valence-corrected chi connectivity index (χ2v) is 9.39. The summed E-state index contributed by atoms with van der Waals surface area (Å²) in [6.07, 6.45) is 0. The van der Waals surface area contributed by atoms with Gasteiger partial charge in [0.2, 0.25) is 0 Å². The number of fused-ring (bicyclic) bond motifs is 2. The molecule has 0 fully saturated rings. The summed E-state index contributed by atoms with van der Waals surface area (Å²) in [7, 11) is 4.08. The molecule has 0 bridgehead atoms. The Bertz CT molecular complexity index is 1830. The van der Waals surface area contributed by atoms with Crippen LogP contribution in [0.25, 0.3) is 56.1 Å². The molecule has 7 heteroatoms. The monoisotopic (exact) mass is 714 g/mol. The molecule has 4 aromatic carbocycles. The van der Waals surface area contributed by atoms with E-state index in [0.29, 0.717) is 5.69 Å². The van der Waals surface area contributed by atoms with Crippen LogP contribution in [0.15, 0.2) is 109 Å². The molecule has 0 spiro atoms. The molecule has 0 atom stereocenters. The molecule has 0 saturated heterocycles. The van der Waals surface area contributed by atoms with Gasteiger partial charge in [0.05, 0.1) is 46.0 Å². The van der Waals surface area contributed by atoms with E-state index in [0.717, 1.165) is 56.1 Å². The van der Waals surface area contributed by atoms with Crippen LogP contribution in [0.4, 0.5) is 0 Å². The van der Waals surface area contributed by atoms with E-state index in [-0.39, 0.29) is 26.7 Å². The van der Waals surface area contributed by atoms with E-state index in [9.17, 15) is 0 Å². The number of hydrogen-bond acceptors (Lipinski definition) is 4. The van der Waals surface area contributed by atoms with Crippen molar-refractivity contribution in [3.8, 4) is 34.0 Å². The maximum atomic E-state index is 8.94. The van der Waals surface area contributed by atoms with E-state index in [1.54, 1.807) is 6.07 Å². The van der Waals surface area contributed by atoms with Crippen molar-refractivity contribution < 1.29 is 25.2 Å². The molecule has 0 unspecified atom stereocenters. The molecule has 205 valence electrons. The van der Waals surface area contributed by atoms with Crippen LogP contribution >= 0.6 is 0 Å². The van der Waals surface area contributed by atoms with Gasteiger partial charge >= 0.3 is 0 Å². The van der Waals surface area contributed by atoms with Gasteiger partial charge < -0.3 is 14.2 Å². The average molecular weight is 714 g/mol. The third kappa shape index (κ3) is 5.74. The Hall–Kier alpha value is -4.42. The molecule has 3 heterocycles. The van der Waals surface area contributed by atoms with E-state index < -0.39 is 0 Å². The second kappa shape index (κ2) is 12.4. The minimum absolute atomic E-state index is 0. The fourth-order valence-corrected chi connectivity index (χ4v) is 4.77. The topological polar surface area (TPSA) is 68.8 Å². The molecule has 6 nitrogen and oxygen atoms in total. The van der Waals surface area contributed by atoms with Gasteiger partial charge in [-0.15, -0.1) is 60.2 Å². The molecule has 7 aromatic rings. The molecule has 0 saturated carbocycles. The van der Waals surface area contributed by atoms with E-state index >= 15 is 0 Å². The zero-order valence-electron chi connectivity index (χ0n) is 22.6.